The molecule has 0 aromatic rings. The molecule has 0 aromatic carbocycles. The molecule has 1 saturated carbocycles. The minimum Gasteiger partial charge on any atom is -0.394 e. The SMILES string of the molecule is O=C1CC(C2CCCC2)NN1CCO. The summed E-state index contributed by atoms with van der Waals surface area (Å²) in [7, 11) is 0. The number of hydrazine groups is 1. The Morgan fingerprint density at radius 3 is 2.79 bits per heavy atom. The van der Waals surface area contributed by atoms with E-state index in [4.69, 9.17) is 5.11 Å². The van der Waals surface area contributed by atoms with Gasteiger partial charge in [-0.05, 0) is 18.8 Å². The molecule has 1 amide bonds. The lowest BCUT2D eigenvalue weighted by Gasteiger charge is -2.20. The predicted molar refractivity (Wildman–Crippen MR) is 52.3 cm³/mol. The Labute approximate surface area is 84.2 Å². The van der Waals surface area contributed by atoms with Crippen LogP contribution in [-0.2, 0) is 4.79 Å². The van der Waals surface area contributed by atoms with Crippen molar-refractivity contribution < 1.29 is 9.90 Å². The second kappa shape index (κ2) is 4.28. The minimum atomic E-state index is 0.0378. The van der Waals surface area contributed by atoms with Crippen LogP contribution in [0.1, 0.15) is 32.1 Å². The van der Waals surface area contributed by atoms with E-state index in [-0.39, 0.29) is 12.5 Å². The maximum absolute atomic E-state index is 11.5. The number of hydrogen-bond acceptors (Lipinski definition) is 3. The van der Waals surface area contributed by atoms with Gasteiger partial charge in [0.25, 0.3) is 0 Å². The third-order valence-electron chi connectivity index (χ3n) is 3.31. The zero-order valence-electron chi connectivity index (χ0n) is 8.41. The summed E-state index contributed by atoms with van der Waals surface area (Å²) >= 11 is 0. The van der Waals surface area contributed by atoms with Crippen LogP contribution in [-0.4, -0.2) is 35.2 Å². The molecule has 1 atom stereocenters. The number of aliphatic hydroxyl groups excluding tert-OH is 1. The van der Waals surface area contributed by atoms with Crippen molar-refractivity contribution in [3.05, 3.63) is 0 Å². The third kappa shape index (κ3) is 1.91. The molecule has 1 saturated heterocycles. The van der Waals surface area contributed by atoms with E-state index in [1.54, 1.807) is 5.01 Å². The van der Waals surface area contributed by atoms with Crippen LogP contribution >= 0.6 is 0 Å². The second-order valence-electron chi connectivity index (χ2n) is 4.25. The molecule has 2 rings (SSSR count). The summed E-state index contributed by atoms with van der Waals surface area (Å²) < 4.78 is 0. The highest BCUT2D eigenvalue weighted by Gasteiger charge is 2.35. The molecule has 1 heterocycles. The van der Waals surface area contributed by atoms with E-state index in [1.165, 1.54) is 25.7 Å². The number of hydrogen-bond donors (Lipinski definition) is 2. The molecule has 2 aliphatic rings. The summed E-state index contributed by atoms with van der Waals surface area (Å²) in [4.78, 5) is 11.5. The number of aliphatic hydroxyl groups is 1. The lowest BCUT2D eigenvalue weighted by atomic mass is 9.97. The zero-order chi connectivity index (χ0) is 9.97. The van der Waals surface area contributed by atoms with E-state index in [0.29, 0.717) is 24.9 Å². The Kier molecular flexibility index (Phi) is 3.03. The van der Waals surface area contributed by atoms with Crippen molar-refractivity contribution in [2.24, 2.45) is 5.92 Å². The van der Waals surface area contributed by atoms with Crippen LogP contribution < -0.4 is 5.43 Å². The molecule has 0 bridgehead atoms. The zero-order valence-corrected chi connectivity index (χ0v) is 8.41. The minimum absolute atomic E-state index is 0.0378. The number of carbonyl (C=O) groups is 1. The molecule has 4 nitrogen and oxygen atoms in total. The number of carbonyl (C=O) groups excluding carboxylic acids is 1. The fourth-order valence-corrected chi connectivity index (χ4v) is 2.54. The molecule has 0 radical (unpaired) electrons. The predicted octanol–water partition coefficient (Wildman–Crippen LogP) is 0.274. The molecule has 4 heteroatoms. The highest BCUT2D eigenvalue weighted by molar-refractivity contribution is 5.78. The average molecular weight is 198 g/mol. The lowest BCUT2D eigenvalue weighted by Crippen LogP contribution is -2.41. The van der Waals surface area contributed by atoms with Gasteiger partial charge in [-0.3, -0.25) is 9.80 Å². The van der Waals surface area contributed by atoms with Crippen LogP contribution in [0.15, 0.2) is 0 Å². The molecule has 14 heavy (non-hydrogen) atoms. The maximum atomic E-state index is 11.5. The van der Waals surface area contributed by atoms with Crippen molar-refractivity contribution in [1.82, 2.24) is 10.4 Å². The van der Waals surface area contributed by atoms with Gasteiger partial charge < -0.3 is 5.11 Å². The summed E-state index contributed by atoms with van der Waals surface area (Å²) in [6, 6.07) is 0.330. The number of nitrogens with one attached hydrogen (secondary N) is 1. The molecule has 0 aromatic heterocycles. The Morgan fingerprint density at radius 1 is 1.43 bits per heavy atom. The molecule has 80 valence electrons. The average Bonchev–Trinajstić information content (AvgIpc) is 2.76. The fraction of sp³-hybridized carbons (Fsp3) is 0.900. The van der Waals surface area contributed by atoms with Gasteiger partial charge in [0.05, 0.1) is 13.2 Å². The highest BCUT2D eigenvalue weighted by atomic mass is 16.3. The first kappa shape index (κ1) is 9.93. The summed E-state index contributed by atoms with van der Waals surface area (Å²) in [5, 5.41) is 10.3. The Hall–Kier alpha value is -0.610. The van der Waals surface area contributed by atoms with Gasteiger partial charge in [-0.25, -0.2) is 5.43 Å². The lowest BCUT2D eigenvalue weighted by molar-refractivity contribution is -0.130. The topological polar surface area (TPSA) is 52.6 Å². The van der Waals surface area contributed by atoms with Gasteiger partial charge in [0.2, 0.25) is 5.91 Å². The largest absolute Gasteiger partial charge is 0.394 e. The first-order chi connectivity index (χ1) is 6.81. The molecular weight excluding hydrogens is 180 g/mol. The number of rotatable bonds is 3. The first-order valence-corrected chi connectivity index (χ1v) is 5.48. The van der Waals surface area contributed by atoms with E-state index >= 15 is 0 Å². The Morgan fingerprint density at radius 2 is 2.14 bits per heavy atom. The van der Waals surface area contributed by atoms with Crippen LogP contribution in [0.25, 0.3) is 0 Å². The fourth-order valence-electron chi connectivity index (χ4n) is 2.54. The summed E-state index contributed by atoms with van der Waals surface area (Å²) in [6.45, 7) is 0.457. The number of β-amino-alcohol motifs (C(OH)–C–C–N with tert-alkyl or cyclic N) is 1. The van der Waals surface area contributed by atoms with Crippen LogP contribution in [0.3, 0.4) is 0 Å². The van der Waals surface area contributed by atoms with E-state index in [0.717, 1.165) is 0 Å². The van der Waals surface area contributed by atoms with Crippen molar-refractivity contribution >= 4 is 5.91 Å². The molecule has 1 aliphatic heterocycles. The molecule has 2 fully saturated rings. The third-order valence-corrected chi connectivity index (χ3v) is 3.31. The Balaban J connectivity index is 1.88. The standard InChI is InChI=1S/C10H18N2O2/c13-6-5-12-10(14)7-9(11-12)8-3-1-2-4-8/h8-9,11,13H,1-7H2. The second-order valence-corrected chi connectivity index (χ2v) is 4.25. The quantitative estimate of drug-likeness (QED) is 0.684. The molecular formula is C10H18N2O2. The van der Waals surface area contributed by atoms with Gasteiger partial charge in [0.15, 0.2) is 0 Å². The van der Waals surface area contributed by atoms with Crippen molar-refractivity contribution in [2.75, 3.05) is 13.2 Å². The monoisotopic (exact) mass is 198 g/mol. The highest BCUT2D eigenvalue weighted by Crippen LogP contribution is 2.31. The smallest absolute Gasteiger partial charge is 0.238 e. The van der Waals surface area contributed by atoms with Crippen LogP contribution in [0.4, 0.5) is 0 Å². The maximum Gasteiger partial charge on any atom is 0.238 e. The van der Waals surface area contributed by atoms with Crippen molar-refractivity contribution in [3.8, 4) is 0 Å². The first-order valence-electron chi connectivity index (χ1n) is 5.48. The van der Waals surface area contributed by atoms with Crippen LogP contribution in [0, 0.1) is 5.92 Å². The van der Waals surface area contributed by atoms with Gasteiger partial charge in [-0.2, -0.15) is 0 Å². The van der Waals surface area contributed by atoms with Crippen LogP contribution in [0.5, 0.6) is 0 Å². The van der Waals surface area contributed by atoms with E-state index in [9.17, 15) is 4.79 Å². The van der Waals surface area contributed by atoms with Crippen molar-refractivity contribution in [3.63, 3.8) is 0 Å². The van der Waals surface area contributed by atoms with Crippen LogP contribution in [0.2, 0.25) is 0 Å². The Bertz CT molecular complexity index is 214. The van der Waals surface area contributed by atoms with Gasteiger partial charge in [-0.1, -0.05) is 12.8 Å². The summed E-state index contributed by atoms with van der Waals surface area (Å²) in [5.74, 6) is 0.804. The van der Waals surface area contributed by atoms with Crippen molar-refractivity contribution in [1.29, 1.82) is 0 Å². The van der Waals surface area contributed by atoms with Gasteiger partial charge in [-0.15, -0.1) is 0 Å². The van der Waals surface area contributed by atoms with E-state index < -0.39 is 0 Å². The summed E-state index contributed by atoms with van der Waals surface area (Å²) in [5.41, 5.74) is 3.21. The molecule has 1 aliphatic carbocycles. The molecule has 0 spiro atoms. The summed E-state index contributed by atoms with van der Waals surface area (Å²) in [6.07, 6.45) is 5.72. The van der Waals surface area contributed by atoms with E-state index in [2.05, 4.69) is 5.43 Å². The van der Waals surface area contributed by atoms with Gasteiger partial charge in [0.1, 0.15) is 0 Å². The van der Waals surface area contributed by atoms with Gasteiger partial charge in [0, 0.05) is 12.5 Å². The van der Waals surface area contributed by atoms with Crippen molar-refractivity contribution in [2.45, 2.75) is 38.1 Å². The molecule has 2 N–H and O–H groups in total. The van der Waals surface area contributed by atoms with Gasteiger partial charge >= 0.3 is 0 Å². The number of nitrogens with zero attached hydrogens (tertiary/aromatic N) is 1. The molecule has 1 unspecified atom stereocenters. The number of amides is 1. The van der Waals surface area contributed by atoms with E-state index in [1.807, 2.05) is 0 Å². The normalized spacial score (nSPS) is 29.1.